The molecule has 0 fully saturated rings. The first kappa shape index (κ1) is 20.3. The summed E-state index contributed by atoms with van der Waals surface area (Å²) in [4.78, 5) is 18.0. The van der Waals surface area contributed by atoms with E-state index in [1.807, 2.05) is 11.9 Å². The van der Waals surface area contributed by atoms with Gasteiger partial charge in [0.25, 0.3) is 0 Å². The Morgan fingerprint density at radius 1 is 1.19 bits per heavy atom. The predicted octanol–water partition coefficient (Wildman–Crippen LogP) is 3.54. The molecule has 31 heavy (non-hydrogen) atoms. The maximum absolute atomic E-state index is 13.8. The molecule has 7 nitrogen and oxygen atoms in total. The fraction of sp³-hybridized carbons (Fsp3) is 0.227. The highest BCUT2D eigenvalue weighted by molar-refractivity contribution is 5.45. The molecule has 0 unspecified atom stereocenters. The summed E-state index contributed by atoms with van der Waals surface area (Å²) in [6, 6.07) is 12.1. The zero-order valence-electron chi connectivity index (χ0n) is 16.6. The fourth-order valence-corrected chi connectivity index (χ4v) is 3.30. The van der Waals surface area contributed by atoms with Gasteiger partial charge in [-0.15, -0.1) is 0 Å². The van der Waals surface area contributed by atoms with Crippen LogP contribution in [0.4, 0.5) is 14.6 Å². The standard InChI is InChI=1S/C22H18F2N4O3/c1-27-6-7-28-21(27)10-20(26-22(28)29)30-13-14-2-5-19(16(8-14)11-23)31-17-4-3-15(12-25)18(24)9-17/h2-5,8-10H,6-7,11,13H2,1H3. The van der Waals surface area contributed by atoms with Crippen LogP contribution in [-0.2, 0) is 19.8 Å². The largest absolute Gasteiger partial charge is 0.473 e. The van der Waals surface area contributed by atoms with E-state index >= 15 is 0 Å². The van der Waals surface area contributed by atoms with Gasteiger partial charge in [0.2, 0.25) is 5.88 Å². The SMILES string of the molecule is CN1CCn2c1cc(OCc1ccc(Oc3ccc(C#N)c(F)c3)c(CF)c1)nc2=O. The Morgan fingerprint density at radius 3 is 2.77 bits per heavy atom. The summed E-state index contributed by atoms with van der Waals surface area (Å²) in [7, 11) is 1.88. The number of hydrogen-bond donors (Lipinski definition) is 0. The smallest absolute Gasteiger partial charge is 0.352 e. The number of nitriles is 1. The minimum atomic E-state index is -0.800. The Morgan fingerprint density at radius 2 is 2.03 bits per heavy atom. The van der Waals surface area contributed by atoms with E-state index in [0.717, 1.165) is 18.4 Å². The molecule has 1 aromatic heterocycles. The molecule has 158 valence electrons. The monoisotopic (exact) mass is 424 g/mol. The van der Waals surface area contributed by atoms with Crippen molar-refractivity contribution in [3.63, 3.8) is 0 Å². The second-order valence-corrected chi connectivity index (χ2v) is 7.03. The molecule has 4 rings (SSSR count). The summed E-state index contributed by atoms with van der Waals surface area (Å²) in [6.45, 7) is 0.594. The van der Waals surface area contributed by atoms with Crippen molar-refractivity contribution in [2.75, 3.05) is 18.5 Å². The van der Waals surface area contributed by atoms with Crippen molar-refractivity contribution in [3.05, 3.63) is 75.5 Å². The number of halogens is 2. The molecule has 2 aromatic carbocycles. The van der Waals surface area contributed by atoms with Gasteiger partial charge in [0, 0.05) is 37.8 Å². The maximum Gasteiger partial charge on any atom is 0.352 e. The summed E-state index contributed by atoms with van der Waals surface area (Å²) < 4.78 is 40.2. The Hall–Kier alpha value is -3.93. The van der Waals surface area contributed by atoms with Gasteiger partial charge in [-0.2, -0.15) is 10.2 Å². The van der Waals surface area contributed by atoms with Crippen LogP contribution in [0.25, 0.3) is 0 Å². The second kappa shape index (κ2) is 8.44. The van der Waals surface area contributed by atoms with Crippen molar-refractivity contribution in [1.29, 1.82) is 5.26 Å². The van der Waals surface area contributed by atoms with Crippen molar-refractivity contribution in [2.45, 2.75) is 19.8 Å². The van der Waals surface area contributed by atoms with Gasteiger partial charge in [-0.1, -0.05) is 6.07 Å². The van der Waals surface area contributed by atoms with E-state index < -0.39 is 12.5 Å². The molecule has 0 amide bonds. The van der Waals surface area contributed by atoms with E-state index in [1.165, 1.54) is 12.1 Å². The summed E-state index contributed by atoms with van der Waals surface area (Å²) >= 11 is 0. The average molecular weight is 424 g/mol. The lowest BCUT2D eigenvalue weighted by Crippen LogP contribution is -2.22. The van der Waals surface area contributed by atoms with Crippen molar-refractivity contribution < 1.29 is 18.3 Å². The molecule has 1 aliphatic heterocycles. The van der Waals surface area contributed by atoms with Gasteiger partial charge in [-0.25, -0.2) is 13.6 Å². The summed E-state index contributed by atoms with van der Waals surface area (Å²) in [5, 5.41) is 8.80. The van der Waals surface area contributed by atoms with Gasteiger partial charge < -0.3 is 14.4 Å². The molecule has 0 aliphatic carbocycles. The maximum atomic E-state index is 13.8. The number of anilines is 1. The van der Waals surface area contributed by atoms with Crippen LogP contribution in [0.15, 0.2) is 47.3 Å². The van der Waals surface area contributed by atoms with Crippen LogP contribution in [0, 0.1) is 17.1 Å². The van der Waals surface area contributed by atoms with Gasteiger partial charge >= 0.3 is 5.69 Å². The Labute approximate surface area is 176 Å². The summed E-state index contributed by atoms with van der Waals surface area (Å²) in [5.74, 6) is 0.598. The highest BCUT2D eigenvalue weighted by Crippen LogP contribution is 2.29. The quantitative estimate of drug-likeness (QED) is 0.602. The van der Waals surface area contributed by atoms with Gasteiger partial charge in [0.15, 0.2) is 0 Å². The van der Waals surface area contributed by atoms with E-state index in [1.54, 1.807) is 34.9 Å². The highest BCUT2D eigenvalue weighted by Gasteiger charge is 2.19. The van der Waals surface area contributed by atoms with Crippen molar-refractivity contribution in [1.82, 2.24) is 9.55 Å². The lowest BCUT2D eigenvalue weighted by Gasteiger charge is -2.13. The predicted molar refractivity (Wildman–Crippen MR) is 109 cm³/mol. The number of nitrogens with zero attached hydrogens (tertiary/aromatic N) is 4. The third-order valence-electron chi connectivity index (χ3n) is 4.96. The highest BCUT2D eigenvalue weighted by atomic mass is 19.1. The van der Waals surface area contributed by atoms with Crippen LogP contribution in [-0.4, -0.2) is 23.1 Å². The Balaban J connectivity index is 1.49. The van der Waals surface area contributed by atoms with E-state index in [0.29, 0.717) is 12.1 Å². The molecule has 0 saturated heterocycles. The minimum Gasteiger partial charge on any atom is -0.473 e. The first-order valence-corrected chi connectivity index (χ1v) is 9.49. The van der Waals surface area contributed by atoms with Crippen LogP contribution in [0.3, 0.4) is 0 Å². The third kappa shape index (κ3) is 4.19. The molecule has 3 aromatic rings. The number of hydrogen-bond acceptors (Lipinski definition) is 6. The lowest BCUT2D eigenvalue weighted by atomic mass is 10.1. The van der Waals surface area contributed by atoms with Gasteiger partial charge in [-0.3, -0.25) is 4.57 Å². The summed E-state index contributed by atoms with van der Waals surface area (Å²) in [5.41, 5.74) is 0.436. The first-order valence-electron chi connectivity index (χ1n) is 9.49. The van der Waals surface area contributed by atoms with Crippen LogP contribution in [0.2, 0.25) is 0 Å². The van der Waals surface area contributed by atoms with Crippen molar-refractivity contribution in [3.8, 4) is 23.4 Å². The fourth-order valence-electron chi connectivity index (χ4n) is 3.30. The van der Waals surface area contributed by atoms with Gasteiger partial charge in [0.1, 0.15) is 42.5 Å². The molecule has 2 heterocycles. The van der Waals surface area contributed by atoms with E-state index in [-0.39, 0.29) is 40.8 Å². The van der Waals surface area contributed by atoms with E-state index in [4.69, 9.17) is 14.7 Å². The Kier molecular flexibility index (Phi) is 5.54. The number of likely N-dealkylation sites (N-methyl/N-ethyl adjacent to an activating group) is 1. The van der Waals surface area contributed by atoms with Crippen molar-refractivity contribution in [2.24, 2.45) is 0 Å². The molecule has 0 spiro atoms. The Bertz CT molecular complexity index is 1240. The average Bonchev–Trinajstić information content (AvgIpc) is 3.14. The van der Waals surface area contributed by atoms with Gasteiger partial charge in [-0.05, 0) is 29.8 Å². The zero-order chi connectivity index (χ0) is 22.0. The second-order valence-electron chi connectivity index (χ2n) is 7.03. The zero-order valence-corrected chi connectivity index (χ0v) is 16.6. The lowest BCUT2D eigenvalue weighted by molar-refractivity contribution is 0.291. The third-order valence-corrected chi connectivity index (χ3v) is 4.96. The molecule has 9 heteroatoms. The molecule has 0 atom stereocenters. The number of ether oxygens (including phenoxy) is 2. The van der Waals surface area contributed by atoms with Crippen molar-refractivity contribution >= 4 is 5.82 Å². The molecule has 0 saturated carbocycles. The normalized spacial score (nSPS) is 12.4. The molecule has 0 radical (unpaired) electrons. The molecule has 1 aliphatic rings. The summed E-state index contributed by atoms with van der Waals surface area (Å²) in [6.07, 6.45) is 0. The molecule has 0 bridgehead atoms. The number of alkyl halides is 1. The van der Waals surface area contributed by atoms with Crippen LogP contribution in [0.1, 0.15) is 16.7 Å². The van der Waals surface area contributed by atoms with Crippen LogP contribution < -0.4 is 20.1 Å². The van der Waals surface area contributed by atoms with E-state index in [9.17, 15) is 13.6 Å². The number of benzene rings is 2. The molecular formula is C22H18F2N4O3. The topological polar surface area (TPSA) is 80.4 Å². The van der Waals surface area contributed by atoms with E-state index in [2.05, 4.69) is 4.98 Å². The number of aromatic nitrogens is 2. The number of fused-ring (bicyclic) bond motifs is 1. The van der Waals surface area contributed by atoms with Crippen LogP contribution >= 0.6 is 0 Å². The first-order chi connectivity index (χ1) is 15.0. The van der Waals surface area contributed by atoms with Crippen LogP contribution in [0.5, 0.6) is 17.4 Å². The number of rotatable bonds is 6. The van der Waals surface area contributed by atoms with Gasteiger partial charge in [0.05, 0.1) is 5.56 Å². The molecular weight excluding hydrogens is 406 g/mol. The molecule has 0 N–H and O–H groups in total. The minimum absolute atomic E-state index is 0.0817.